The van der Waals surface area contributed by atoms with Crippen molar-refractivity contribution in [3.05, 3.63) is 30.1 Å². The molecule has 23 heavy (non-hydrogen) atoms. The number of hydrogen-bond donors (Lipinski definition) is 1. The van der Waals surface area contributed by atoms with Gasteiger partial charge < -0.3 is 9.88 Å². The van der Waals surface area contributed by atoms with Gasteiger partial charge in [0.25, 0.3) is 0 Å². The Kier molecular flexibility index (Phi) is 4.95. The summed E-state index contributed by atoms with van der Waals surface area (Å²) in [4.78, 5) is 17.1. The Morgan fingerprint density at radius 3 is 2.83 bits per heavy atom. The second-order valence-electron chi connectivity index (χ2n) is 6.83. The number of thioether (sulfide) groups is 1. The van der Waals surface area contributed by atoms with Crippen molar-refractivity contribution >= 4 is 28.7 Å². The van der Waals surface area contributed by atoms with Gasteiger partial charge in [0, 0.05) is 6.54 Å². The molecule has 0 atom stereocenters. The largest absolute Gasteiger partial charge is 0.354 e. The van der Waals surface area contributed by atoms with Crippen LogP contribution >= 0.6 is 11.8 Å². The van der Waals surface area contributed by atoms with E-state index in [0.29, 0.717) is 6.54 Å². The van der Waals surface area contributed by atoms with Crippen LogP contribution in [0, 0.1) is 5.41 Å². The fraction of sp³-hybridized carbons (Fsp3) is 0.556. The van der Waals surface area contributed by atoms with Crippen LogP contribution in [0.2, 0.25) is 0 Å². The summed E-state index contributed by atoms with van der Waals surface area (Å²) in [6.07, 6.45) is 7.08. The number of rotatable bonds is 6. The number of fused-ring (bicyclic) bond motifs is 1. The van der Waals surface area contributed by atoms with E-state index >= 15 is 0 Å². The number of hydrogen-bond acceptors (Lipinski definition) is 3. The number of para-hydroxylation sites is 2. The number of nitrogens with one attached hydrogen (secondary N) is 1. The van der Waals surface area contributed by atoms with Crippen molar-refractivity contribution < 1.29 is 4.79 Å². The van der Waals surface area contributed by atoms with Crippen LogP contribution < -0.4 is 5.32 Å². The molecule has 0 saturated heterocycles. The summed E-state index contributed by atoms with van der Waals surface area (Å²) in [6.45, 7) is 3.43. The highest BCUT2D eigenvalue weighted by molar-refractivity contribution is 7.97. The molecule has 1 aromatic carbocycles. The summed E-state index contributed by atoms with van der Waals surface area (Å²) in [5.74, 6) is 1.88. The van der Waals surface area contributed by atoms with Crippen molar-refractivity contribution in [2.24, 2.45) is 5.41 Å². The minimum Gasteiger partial charge on any atom is -0.354 e. The van der Waals surface area contributed by atoms with Gasteiger partial charge in [-0.2, -0.15) is 11.8 Å². The molecular formula is C18H25N3OS. The Morgan fingerprint density at radius 1 is 1.35 bits per heavy atom. The molecular weight excluding hydrogens is 306 g/mol. The van der Waals surface area contributed by atoms with Crippen LogP contribution in [0.3, 0.4) is 0 Å². The number of imidazole rings is 1. The van der Waals surface area contributed by atoms with E-state index in [1.165, 1.54) is 25.7 Å². The van der Waals surface area contributed by atoms with Crippen molar-refractivity contribution in [2.45, 2.75) is 44.9 Å². The van der Waals surface area contributed by atoms with Crippen molar-refractivity contribution in [1.82, 2.24) is 14.9 Å². The van der Waals surface area contributed by atoms with Gasteiger partial charge in [0.2, 0.25) is 5.91 Å². The van der Waals surface area contributed by atoms with Gasteiger partial charge in [-0.05, 0) is 36.6 Å². The lowest BCUT2D eigenvalue weighted by Gasteiger charge is -2.23. The summed E-state index contributed by atoms with van der Waals surface area (Å²) in [5, 5.41) is 3.14. The van der Waals surface area contributed by atoms with Gasteiger partial charge >= 0.3 is 0 Å². The molecule has 0 bridgehead atoms. The number of benzene rings is 1. The van der Waals surface area contributed by atoms with E-state index in [1.54, 1.807) is 11.8 Å². The highest BCUT2D eigenvalue weighted by Crippen LogP contribution is 2.36. The average Bonchev–Trinajstić information content (AvgIpc) is 3.12. The Bertz CT molecular complexity index is 689. The maximum absolute atomic E-state index is 12.4. The first-order chi connectivity index (χ1) is 11.1. The molecule has 1 aliphatic rings. The zero-order chi connectivity index (χ0) is 16.3. The third-order valence-corrected chi connectivity index (χ3v) is 5.38. The SMILES string of the molecule is CSCc1nc2ccccc2n1CC(=O)NCC1(C)CCCC1. The molecule has 2 aromatic rings. The summed E-state index contributed by atoms with van der Waals surface area (Å²) >= 11 is 1.73. The quantitative estimate of drug-likeness (QED) is 0.880. The van der Waals surface area contributed by atoms with Crippen LogP contribution in [0.4, 0.5) is 0 Å². The predicted octanol–water partition coefficient (Wildman–Crippen LogP) is 3.60. The van der Waals surface area contributed by atoms with E-state index in [1.807, 2.05) is 24.3 Å². The standard InChI is InChI=1S/C18H25N3OS/c1-18(9-5-6-10-18)13-19-17(22)11-21-15-8-4-3-7-14(15)20-16(21)12-23-2/h3-4,7-8H,5-6,9-13H2,1-2H3,(H,19,22). The predicted molar refractivity (Wildman–Crippen MR) is 96.5 cm³/mol. The van der Waals surface area contributed by atoms with Gasteiger partial charge in [0.05, 0.1) is 16.8 Å². The molecule has 1 heterocycles. The smallest absolute Gasteiger partial charge is 0.240 e. The lowest BCUT2D eigenvalue weighted by Crippen LogP contribution is -2.36. The van der Waals surface area contributed by atoms with Gasteiger partial charge in [-0.25, -0.2) is 4.98 Å². The Morgan fingerprint density at radius 2 is 2.09 bits per heavy atom. The first-order valence-electron chi connectivity index (χ1n) is 8.31. The summed E-state index contributed by atoms with van der Waals surface area (Å²) in [7, 11) is 0. The average molecular weight is 331 g/mol. The number of carbonyl (C=O) groups excluding carboxylic acids is 1. The van der Waals surface area contributed by atoms with Gasteiger partial charge in [0.15, 0.2) is 0 Å². The fourth-order valence-corrected chi connectivity index (χ4v) is 3.94. The summed E-state index contributed by atoms with van der Waals surface area (Å²) in [6, 6.07) is 8.04. The molecule has 1 N–H and O–H groups in total. The Hall–Kier alpha value is -1.49. The van der Waals surface area contributed by atoms with E-state index in [2.05, 4.69) is 28.0 Å². The van der Waals surface area contributed by atoms with Crippen molar-refractivity contribution in [3.63, 3.8) is 0 Å². The molecule has 4 nitrogen and oxygen atoms in total. The minimum absolute atomic E-state index is 0.0867. The maximum Gasteiger partial charge on any atom is 0.240 e. The molecule has 0 aliphatic heterocycles. The van der Waals surface area contributed by atoms with Gasteiger partial charge in [-0.1, -0.05) is 31.9 Å². The third kappa shape index (κ3) is 3.71. The molecule has 5 heteroatoms. The van der Waals surface area contributed by atoms with Crippen molar-refractivity contribution in [3.8, 4) is 0 Å². The van der Waals surface area contributed by atoms with E-state index < -0.39 is 0 Å². The van der Waals surface area contributed by atoms with E-state index in [-0.39, 0.29) is 11.3 Å². The van der Waals surface area contributed by atoms with E-state index in [9.17, 15) is 4.79 Å². The number of nitrogens with zero attached hydrogens (tertiary/aromatic N) is 2. The molecule has 124 valence electrons. The van der Waals surface area contributed by atoms with Crippen molar-refractivity contribution in [1.29, 1.82) is 0 Å². The van der Waals surface area contributed by atoms with Crippen molar-refractivity contribution in [2.75, 3.05) is 12.8 Å². The molecule has 1 aliphatic carbocycles. The second kappa shape index (κ2) is 6.95. The summed E-state index contributed by atoms with van der Waals surface area (Å²) < 4.78 is 2.05. The minimum atomic E-state index is 0.0867. The molecule has 1 fully saturated rings. The molecule has 0 radical (unpaired) electrons. The first kappa shape index (κ1) is 16.4. The number of carbonyl (C=O) groups is 1. The van der Waals surface area contributed by atoms with Crippen LogP contribution in [-0.4, -0.2) is 28.3 Å². The third-order valence-electron chi connectivity index (χ3n) is 4.83. The zero-order valence-corrected chi connectivity index (χ0v) is 14.8. The number of amides is 1. The van der Waals surface area contributed by atoms with Crippen LogP contribution in [0.5, 0.6) is 0 Å². The molecule has 1 amide bonds. The fourth-order valence-electron chi connectivity index (χ4n) is 3.46. The molecule has 1 saturated carbocycles. The van der Waals surface area contributed by atoms with Crippen LogP contribution in [0.15, 0.2) is 24.3 Å². The second-order valence-corrected chi connectivity index (χ2v) is 7.70. The molecule has 0 spiro atoms. The van der Waals surface area contributed by atoms with Crippen LogP contribution in [-0.2, 0) is 17.1 Å². The molecule has 3 rings (SSSR count). The maximum atomic E-state index is 12.4. The molecule has 0 unspecified atom stereocenters. The lowest BCUT2D eigenvalue weighted by atomic mass is 9.89. The Balaban J connectivity index is 1.72. The highest BCUT2D eigenvalue weighted by atomic mass is 32.2. The summed E-state index contributed by atoms with van der Waals surface area (Å²) in [5.41, 5.74) is 2.29. The Labute approximate surface area is 142 Å². The lowest BCUT2D eigenvalue weighted by molar-refractivity contribution is -0.122. The van der Waals surface area contributed by atoms with Gasteiger partial charge in [0.1, 0.15) is 12.4 Å². The van der Waals surface area contributed by atoms with Crippen LogP contribution in [0.1, 0.15) is 38.4 Å². The van der Waals surface area contributed by atoms with Gasteiger partial charge in [-0.15, -0.1) is 0 Å². The number of aromatic nitrogens is 2. The topological polar surface area (TPSA) is 46.9 Å². The zero-order valence-electron chi connectivity index (χ0n) is 14.0. The van der Waals surface area contributed by atoms with E-state index in [4.69, 9.17) is 0 Å². The molecule has 1 aromatic heterocycles. The normalized spacial score (nSPS) is 16.8. The van der Waals surface area contributed by atoms with Gasteiger partial charge in [-0.3, -0.25) is 4.79 Å². The van der Waals surface area contributed by atoms with Crippen LogP contribution in [0.25, 0.3) is 11.0 Å². The highest BCUT2D eigenvalue weighted by Gasteiger charge is 2.28. The van der Waals surface area contributed by atoms with E-state index in [0.717, 1.165) is 29.2 Å². The first-order valence-corrected chi connectivity index (χ1v) is 9.70. The monoisotopic (exact) mass is 331 g/mol.